The van der Waals surface area contributed by atoms with Crippen molar-refractivity contribution in [1.29, 1.82) is 0 Å². The number of carbonyl (C=O) groups excluding carboxylic acids is 2. The van der Waals surface area contributed by atoms with Gasteiger partial charge in [-0.3, -0.25) is 9.59 Å². The molecule has 5 nitrogen and oxygen atoms in total. The van der Waals surface area contributed by atoms with Crippen LogP contribution in [-0.2, 0) is 9.59 Å². The van der Waals surface area contributed by atoms with Gasteiger partial charge in [0.05, 0.1) is 6.54 Å². The van der Waals surface area contributed by atoms with Crippen LogP contribution in [-0.4, -0.2) is 36.9 Å². The first kappa shape index (κ1) is 21.6. The van der Waals surface area contributed by atoms with Crippen LogP contribution in [0.5, 0.6) is 5.75 Å². The number of amides is 2. The van der Waals surface area contributed by atoms with Gasteiger partial charge in [-0.1, -0.05) is 34.1 Å². The standard InChI is InChI=1S/C20H19BrF2N2O3/c1-13-11-15(21)8-9-16(13)24-18(26)12-25(2)19(27)10-7-14-5-3-4-6-17(14)28-20(22)23/h3-11,20H,12H2,1-2H3,(H,24,26)/b10-7+. The third kappa shape index (κ3) is 6.45. The van der Waals surface area contributed by atoms with E-state index < -0.39 is 12.5 Å². The molecule has 8 heteroatoms. The molecule has 0 saturated carbocycles. The van der Waals surface area contributed by atoms with Gasteiger partial charge in [-0.25, -0.2) is 0 Å². The number of nitrogens with one attached hydrogen (secondary N) is 1. The smallest absolute Gasteiger partial charge is 0.387 e. The van der Waals surface area contributed by atoms with Crippen LogP contribution in [0, 0.1) is 6.92 Å². The Hall–Kier alpha value is -2.74. The van der Waals surface area contributed by atoms with Crippen LogP contribution in [0.15, 0.2) is 53.0 Å². The third-order valence-corrected chi connectivity index (χ3v) is 4.25. The number of rotatable bonds is 7. The van der Waals surface area contributed by atoms with E-state index in [4.69, 9.17) is 0 Å². The predicted molar refractivity (Wildman–Crippen MR) is 107 cm³/mol. The molecule has 0 heterocycles. The van der Waals surface area contributed by atoms with E-state index >= 15 is 0 Å². The lowest BCUT2D eigenvalue weighted by atomic mass is 10.2. The Kier molecular flexibility index (Phi) is 7.69. The average Bonchev–Trinajstić information content (AvgIpc) is 2.62. The number of hydrogen-bond donors (Lipinski definition) is 1. The highest BCUT2D eigenvalue weighted by atomic mass is 79.9. The average molecular weight is 453 g/mol. The maximum absolute atomic E-state index is 12.4. The quantitative estimate of drug-likeness (QED) is 0.630. The van der Waals surface area contributed by atoms with Crippen molar-refractivity contribution < 1.29 is 23.1 Å². The number of hydrogen-bond acceptors (Lipinski definition) is 3. The van der Waals surface area contributed by atoms with Crippen LogP contribution in [0.25, 0.3) is 6.08 Å². The molecular formula is C20H19BrF2N2O3. The van der Waals surface area contributed by atoms with Crippen LogP contribution in [0.1, 0.15) is 11.1 Å². The number of benzene rings is 2. The van der Waals surface area contributed by atoms with Crippen molar-refractivity contribution in [3.8, 4) is 5.75 Å². The molecular weight excluding hydrogens is 434 g/mol. The van der Waals surface area contributed by atoms with Gasteiger partial charge in [-0.05, 0) is 42.8 Å². The molecule has 2 rings (SSSR count). The predicted octanol–water partition coefficient (Wildman–Crippen LogP) is 4.47. The van der Waals surface area contributed by atoms with Gasteiger partial charge < -0.3 is 15.0 Å². The fourth-order valence-corrected chi connectivity index (χ4v) is 2.84. The first-order valence-corrected chi connectivity index (χ1v) is 9.08. The van der Waals surface area contributed by atoms with E-state index in [2.05, 4.69) is 26.0 Å². The van der Waals surface area contributed by atoms with Crippen LogP contribution in [0.3, 0.4) is 0 Å². The van der Waals surface area contributed by atoms with Crippen molar-refractivity contribution >= 4 is 39.5 Å². The minimum Gasteiger partial charge on any atom is -0.434 e. The summed E-state index contributed by atoms with van der Waals surface area (Å²) in [6.07, 6.45) is 2.57. The molecule has 0 atom stereocenters. The van der Waals surface area contributed by atoms with Crippen molar-refractivity contribution in [2.75, 3.05) is 18.9 Å². The van der Waals surface area contributed by atoms with Gasteiger partial charge in [0.2, 0.25) is 11.8 Å². The molecule has 0 aromatic heterocycles. The van der Waals surface area contributed by atoms with Crippen molar-refractivity contribution in [3.63, 3.8) is 0 Å². The van der Waals surface area contributed by atoms with Crippen molar-refractivity contribution in [3.05, 3.63) is 64.1 Å². The second-order valence-corrected chi connectivity index (χ2v) is 6.87. The summed E-state index contributed by atoms with van der Waals surface area (Å²) >= 11 is 3.35. The van der Waals surface area contributed by atoms with Crippen LogP contribution < -0.4 is 10.1 Å². The second kappa shape index (κ2) is 9.98. The molecule has 0 radical (unpaired) electrons. The largest absolute Gasteiger partial charge is 0.434 e. The summed E-state index contributed by atoms with van der Waals surface area (Å²) in [5.74, 6) is -0.835. The summed E-state index contributed by atoms with van der Waals surface area (Å²) in [5, 5.41) is 2.75. The molecule has 0 aliphatic heterocycles. The summed E-state index contributed by atoms with van der Waals surface area (Å²) in [7, 11) is 1.47. The van der Waals surface area contributed by atoms with E-state index in [1.165, 1.54) is 30.2 Å². The van der Waals surface area contributed by atoms with Crippen LogP contribution in [0.2, 0.25) is 0 Å². The van der Waals surface area contributed by atoms with E-state index in [-0.39, 0.29) is 18.2 Å². The number of para-hydroxylation sites is 1. The molecule has 28 heavy (non-hydrogen) atoms. The number of nitrogens with zero attached hydrogens (tertiary/aromatic N) is 1. The van der Waals surface area contributed by atoms with Crippen molar-refractivity contribution in [2.24, 2.45) is 0 Å². The Morgan fingerprint density at radius 2 is 1.96 bits per heavy atom. The maximum atomic E-state index is 12.4. The Labute approximate surface area is 170 Å². The number of ether oxygens (including phenoxy) is 1. The van der Waals surface area contributed by atoms with Gasteiger partial charge in [0, 0.05) is 28.8 Å². The Bertz CT molecular complexity index is 888. The SMILES string of the molecule is Cc1cc(Br)ccc1NC(=O)CN(C)C(=O)/C=C/c1ccccc1OC(F)F. The van der Waals surface area contributed by atoms with E-state index in [1.807, 2.05) is 13.0 Å². The lowest BCUT2D eigenvalue weighted by molar-refractivity contribution is -0.129. The summed E-state index contributed by atoms with van der Waals surface area (Å²) in [6, 6.07) is 11.6. The number of alkyl halides is 2. The van der Waals surface area contributed by atoms with Crippen molar-refractivity contribution in [1.82, 2.24) is 4.90 Å². The first-order valence-electron chi connectivity index (χ1n) is 8.29. The number of halogens is 3. The van der Waals surface area contributed by atoms with Gasteiger partial charge in [-0.15, -0.1) is 0 Å². The highest BCUT2D eigenvalue weighted by molar-refractivity contribution is 9.10. The topological polar surface area (TPSA) is 58.6 Å². The van der Waals surface area contributed by atoms with Gasteiger partial charge in [0.1, 0.15) is 5.75 Å². The molecule has 1 N–H and O–H groups in total. The Balaban J connectivity index is 1.97. The van der Waals surface area contributed by atoms with E-state index in [0.717, 1.165) is 10.0 Å². The molecule has 2 amide bonds. The molecule has 0 fully saturated rings. The zero-order valence-electron chi connectivity index (χ0n) is 15.3. The lowest BCUT2D eigenvalue weighted by Crippen LogP contribution is -2.34. The minimum atomic E-state index is -2.96. The number of aryl methyl sites for hydroxylation is 1. The Morgan fingerprint density at radius 1 is 1.25 bits per heavy atom. The van der Waals surface area contributed by atoms with Gasteiger partial charge >= 0.3 is 6.61 Å². The molecule has 0 bridgehead atoms. The zero-order chi connectivity index (χ0) is 20.7. The summed E-state index contributed by atoms with van der Waals surface area (Å²) in [4.78, 5) is 25.6. The lowest BCUT2D eigenvalue weighted by Gasteiger charge is -2.16. The summed E-state index contributed by atoms with van der Waals surface area (Å²) < 4.78 is 30.2. The minimum absolute atomic E-state index is 0.0346. The maximum Gasteiger partial charge on any atom is 0.387 e. The molecule has 148 valence electrons. The van der Waals surface area contributed by atoms with Crippen LogP contribution in [0.4, 0.5) is 14.5 Å². The second-order valence-electron chi connectivity index (χ2n) is 5.95. The Morgan fingerprint density at radius 3 is 2.64 bits per heavy atom. The fraction of sp³-hybridized carbons (Fsp3) is 0.200. The molecule has 0 aliphatic rings. The van der Waals surface area contributed by atoms with E-state index in [9.17, 15) is 18.4 Å². The summed E-state index contributed by atoms with van der Waals surface area (Å²) in [6.45, 7) is -1.26. The molecule has 2 aromatic carbocycles. The van der Waals surface area contributed by atoms with E-state index in [0.29, 0.717) is 11.3 Å². The fourth-order valence-electron chi connectivity index (χ4n) is 2.36. The van der Waals surface area contributed by atoms with Gasteiger partial charge in [-0.2, -0.15) is 8.78 Å². The number of likely N-dealkylation sites (N-methyl/N-ethyl adjacent to an activating group) is 1. The molecule has 2 aromatic rings. The van der Waals surface area contributed by atoms with Gasteiger partial charge in [0.25, 0.3) is 0 Å². The first-order chi connectivity index (χ1) is 13.3. The molecule has 0 spiro atoms. The third-order valence-electron chi connectivity index (χ3n) is 3.76. The number of carbonyl (C=O) groups is 2. The van der Waals surface area contributed by atoms with Crippen LogP contribution >= 0.6 is 15.9 Å². The normalized spacial score (nSPS) is 10.9. The monoisotopic (exact) mass is 452 g/mol. The number of anilines is 1. The molecule has 0 saturated heterocycles. The van der Waals surface area contributed by atoms with E-state index in [1.54, 1.807) is 30.3 Å². The molecule has 0 unspecified atom stereocenters. The summed E-state index contributed by atoms with van der Waals surface area (Å²) in [5.41, 5.74) is 1.87. The van der Waals surface area contributed by atoms with Gasteiger partial charge in [0.15, 0.2) is 0 Å². The highest BCUT2D eigenvalue weighted by Crippen LogP contribution is 2.22. The highest BCUT2D eigenvalue weighted by Gasteiger charge is 2.13. The van der Waals surface area contributed by atoms with Crippen molar-refractivity contribution in [2.45, 2.75) is 13.5 Å². The zero-order valence-corrected chi connectivity index (χ0v) is 16.9. The molecule has 0 aliphatic carbocycles.